The molecule has 0 aliphatic carbocycles. The first-order valence-corrected chi connectivity index (χ1v) is 8.10. The Morgan fingerprint density at radius 1 is 1.09 bits per heavy atom. The van der Waals surface area contributed by atoms with Crippen molar-refractivity contribution in [1.82, 2.24) is 25.5 Å². The second-order valence-corrected chi connectivity index (χ2v) is 5.17. The van der Waals surface area contributed by atoms with Gasteiger partial charge in [-0.05, 0) is 19.9 Å². The van der Waals surface area contributed by atoms with Gasteiger partial charge in [0, 0.05) is 58.2 Å². The molecule has 2 heterocycles. The fraction of sp³-hybridized carbons (Fsp3) is 0.667. The van der Waals surface area contributed by atoms with E-state index in [1.54, 1.807) is 12.4 Å². The number of halogens is 1. The number of nitrogens with one attached hydrogen (secondary N) is 2. The highest BCUT2D eigenvalue weighted by Crippen LogP contribution is 2.09. The molecule has 2 rings (SSSR count). The van der Waals surface area contributed by atoms with E-state index in [1.165, 1.54) is 0 Å². The molecule has 8 heteroatoms. The van der Waals surface area contributed by atoms with Gasteiger partial charge in [-0.25, -0.2) is 9.97 Å². The molecule has 7 nitrogen and oxygen atoms in total. The van der Waals surface area contributed by atoms with Gasteiger partial charge in [-0.2, -0.15) is 0 Å². The molecular formula is C15H28IN7. The largest absolute Gasteiger partial charge is 0.357 e. The molecule has 0 unspecified atom stereocenters. The van der Waals surface area contributed by atoms with Gasteiger partial charge in [-0.15, -0.1) is 24.0 Å². The Balaban J connectivity index is 0.00000264. The van der Waals surface area contributed by atoms with E-state index in [-0.39, 0.29) is 24.0 Å². The van der Waals surface area contributed by atoms with Gasteiger partial charge in [0.1, 0.15) is 0 Å². The van der Waals surface area contributed by atoms with E-state index >= 15 is 0 Å². The summed E-state index contributed by atoms with van der Waals surface area (Å²) in [6.45, 7) is 11.8. The summed E-state index contributed by atoms with van der Waals surface area (Å²) in [5.41, 5.74) is 0. The topological polar surface area (TPSA) is 68.7 Å². The van der Waals surface area contributed by atoms with Gasteiger partial charge in [0.25, 0.3) is 0 Å². The monoisotopic (exact) mass is 433 g/mol. The number of hydrogen-bond donors (Lipinski definition) is 2. The molecule has 1 aromatic heterocycles. The van der Waals surface area contributed by atoms with Crippen LogP contribution in [0.15, 0.2) is 23.5 Å². The van der Waals surface area contributed by atoms with Crippen LogP contribution in [0.5, 0.6) is 0 Å². The molecular weight excluding hydrogens is 405 g/mol. The lowest BCUT2D eigenvalue weighted by molar-refractivity contribution is 0.263. The molecule has 0 saturated carbocycles. The summed E-state index contributed by atoms with van der Waals surface area (Å²) in [4.78, 5) is 17.9. The van der Waals surface area contributed by atoms with Gasteiger partial charge < -0.3 is 15.5 Å². The Hall–Kier alpha value is -1.16. The summed E-state index contributed by atoms with van der Waals surface area (Å²) in [7, 11) is 0. The fourth-order valence-corrected chi connectivity index (χ4v) is 2.44. The first kappa shape index (κ1) is 19.9. The van der Waals surface area contributed by atoms with E-state index < -0.39 is 0 Å². The predicted molar refractivity (Wildman–Crippen MR) is 106 cm³/mol. The zero-order chi connectivity index (χ0) is 15.6. The van der Waals surface area contributed by atoms with Crippen LogP contribution in [0.25, 0.3) is 0 Å². The molecule has 1 aromatic rings. The Bertz CT molecular complexity index is 438. The average molecular weight is 433 g/mol. The van der Waals surface area contributed by atoms with Crippen LogP contribution in [0.4, 0.5) is 5.95 Å². The van der Waals surface area contributed by atoms with Crippen LogP contribution >= 0.6 is 24.0 Å². The number of aromatic nitrogens is 2. The molecule has 0 atom stereocenters. The summed E-state index contributed by atoms with van der Waals surface area (Å²) in [6, 6.07) is 1.85. The maximum Gasteiger partial charge on any atom is 0.225 e. The second-order valence-electron chi connectivity index (χ2n) is 5.17. The van der Waals surface area contributed by atoms with Crippen LogP contribution in [0.2, 0.25) is 0 Å². The molecule has 1 fully saturated rings. The summed E-state index contributed by atoms with van der Waals surface area (Å²) in [6.07, 6.45) is 3.60. The number of rotatable bonds is 6. The molecule has 23 heavy (non-hydrogen) atoms. The number of aliphatic imine (C=N–C) groups is 1. The van der Waals surface area contributed by atoms with Crippen molar-refractivity contribution in [2.45, 2.75) is 13.8 Å². The van der Waals surface area contributed by atoms with Crippen molar-refractivity contribution in [2.24, 2.45) is 4.99 Å². The third-order valence-electron chi connectivity index (χ3n) is 3.58. The molecule has 1 aliphatic heterocycles. The Kier molecular flexibility index (Phi) is 9.85. The molecule has 1 saturated heterocycles. The lowest BCUT2D eigenvalue weighted by Gasteiger charge is -2.34. The maximum absolute atomic E-state index is 4.59. The number of piperazine rings is 1. The normalized spacial score (nSPS) is 14.8. The Morgan fingerprint density at radius 3 is 2.26 bits per heavy atom. The van der Waals surface area contributed by atoms with Crippen molar-refractivity contribution in [2.75, 3.05) is 57.3 Å². The number of guanidine groups is 1. The Labute approximate surface area is 156 Å². The maximum atomic E-state index is 4.59. The van der Waals surface area contributed by atoms with Gasteiger partial charge in [0.15, 0.2) is 5.96 Å². The van der Waals surface area contributed by atoms with E-state index in [0.717, 1.165) is 64.3 Å². The van der Waals surface area contributed by atoms with Crippen molar-refractivity contribution in [3.05, 3.63) is 18.5 Å². The van der Waals surface area contributed by atoms with Crippen molar-refractivity contribution in [3.8, 4) is 0 Å². The van der Waals surface area contributed by atoms with Crippen LogP contribution in [0, 0.1) is 0 Å². The summed E-state index contributed by atoms with van der Waals surface area (Å²) in [5.74, 6) is 1.74. The third-order valence-corrected chi connectivity index (χ3v) is 3.58. The van der Waals surface area contributed by atoms with Crippen LogP contribution in [0.1, 0.15) is 13.8 Å². The van der Waals surface area contributed by atoms with E-state index in [1.807, 2.05) is 6.07 Å². The number of hydrogen-bond acceptors (Lipinski definition) is 5. The van der Waals surface area contributed by atoms with Crippen LogP contribution in [-0.2, 0) is 0 Å². The first-order chi connectivity index (χ1) is 10.8. The Morgan fingerprint density at radius 2 is 1.70 bits per heavy atom. The minimum absolute atomic E-state index is 0. The van der Waals surface area contributed by atoms with Crippen LogP contribution in [-0.4, -0.2) is 73.2 Å². The van der Waals surface area contributed by atoms with Crippen molar-refractivity contribution < 1.29 is 0 Å². The van der Waals surface area contributed by atoms with Gasteiger partial charge in [0.05, 0.1) is 6.54 Å². The molecule has 0 radical (unpaired) electrons. The summed E-state index contributed by atoms with van der Waals surface area (Å²) < 4.78 is 0. The van der Waals surface area contributed by atoms with Crippen molar-refractivity contribution in [3.63, 3.8) is 0 Å². The standard InChI is InChI=1S/C15H27N7.HI/c1-3-16-14(17-4-2)18-8-9-21-10-12-22(13-11-21)15-19-6-5-7-20-15;/h5-7H,3-4,8-13H2,1-2H3,(H2,16,17,18);1H. The lowest BCUT2D eigenvalue weighted by Crippen LogP contribution is -2.47. The van der Waals surface area contributed by atoms with Crippen molar-refractivity contribution in [1.29, 1.82) is 0 Å². The molecule has 1 aliphatic rings. The fourth-order valence-electron chi connectivity index (χ4n) is 2.44. The lowest BCUT2D eigenvalue weighted by atomic mass is 10.3. The summed E-state index contributed by atoms with van der Waals surface area (Å²) in [5, 5.41) is 6.49. The molecule has 130 valence electrons. The van der Waals surface area contributed by atoms with Gasteiger partial charge in [-0.1, -0.05) is 0 Å². The van der Waals surface area contributed by atoms with Gasteiger partial charge >= 0.3 is 0 Å². The summed E-state index contributed by atoms with van der Waals surface area (Å²) >= 11 is 0. The zero-order valence-corrected chi connectivity index (χ0v) is 16.4. The van der Waals surface area contributed by atoms with Crippen molar-refractivity contribution >= 4 is 35.9 Å². The van der Waals surface area contributed by atoms with E-state index in [2.05, 4.69) is 49.2 Å². The smallest absolute Gasteiger partial charge is 0.225 e. The highest BCUT2D eigenvalue weighted by molar-refractivity contribution is 14.0. The molecule has 2 N–H and O–H groups in total. The van der Waals surface area contributed by atoms with Gasteiger partial charge in [-0.3, -0.25) is 9.89 Å². The molecule has 0 spiro atoms. The highest BCUT2D eigenvalue weighted by atomic mass is 127. The molecule has 0 bridgehead atoms. The number of nitrogens with zero attached hydrogens (tertiary/aromatic N) is 5. The zero-order valence-electron chi connectivity index (χ0n) is 14.0. The third kappa shape index (κ3) is 6.86. The predicted octanol–water partition coefficient (Wildman–Crippen LogP) is 0.792. The SMILES string of the molecule is CCNC(=NCCN1CCN(c2ncccn2)CC1)NCC.I. The highest BCUT2D eigenvalue weighted by Gasteiger charge is 2.18. The minimum Gasteiger partial charge on any atom is -0.357 e. The quantitative estimate of drug-likeness (QED) is 0.393. The van der Waals surface area contributed by atoms with E-state index in [0.29, 0.717) is 0 Å². The minimum atomic E-state index is 0. The van der Waals surface area contributed by atoms with Crippen LogP contribution in [0.3, 0.4) is 0 Å². The van der Waals surface area contributed by atoms with Gasteiger partial charge in [0.2, 0.25) is 5.95 Å². The van der Waals surface area contributed by atoms with E-state index in [9.17, 15) is 0 Å². The molecule has 0 amide bonds. The molecule has 0 aromatic carbocycles. The first-order valence-electron chi connectivity index (χ1n) is 8.10. The van der Waals surface area contributed by atoms with E-state index in [4.69, 9.17) is 0 Å². The second kappa shape index (κ2) is 11.4. The number of anilines is 1. The van der Waals surface area contributed by atoms with Crippen LogP contribution < -0.4 is 15.5 Å². The average Bonchev–Trinajstić information content (AvgIpc) is 2.57.